The minimum Gasteiger partial charge on any atom is -0.506 e. The molecule has 2 rings (SSSR count). The third-order valence-corrected chi connectivity index (χ3v) is 3.14. The molecule has 1 amide bonds. The first-order valence-corrected chi connectivity index (χ1v) is 6.90. The van der Waals surface area contributed by atoms with Crippen LogP contribution < -0.4 is 10.1 Å². The van der Waals surface area contributed by atoms with Gasteiger partial charge < -0.3 is 15.2 Å². The maximum Gasteiger partial charge on any atom is 0.262 e. The fourth-order valence-corrected chi connectivity index (χ4v) is 2.01. The van der Waals surface area contributed by atoms with Crippen molar-refractivity contribution in [3.63, 3.8) is 0 Å². The molecule has 4 nitrogen and oxygen atoms in total. The number of aryl methyl sites for hydroxylation is 2. The topological polar surface area (TPSA) is 58.6 Å². The zero-order valence-corrected chi connectivity index (χ0v) is 12.2. The molecule has 0 fully saturated rings. The van der Waals surface area contributed by atoms with Crippen LogP contribution >= 0.6 is 0 Å². The predicted molar refractivity (Wildman–Crippen MR) is 82.8 cm³/mol. The van der Waals surface area contributed by atoms with Crippen molar-refractivity contribution in [3.8, 4) is 11.5 Å². The molecule has 110 valence electrons. The number of anilines is 1. The molecule has 0 saturated carbocycles. The number of para-hydroxylation sites is 1. The lowest BCUT2D eigenvalue weighted by atomic mass is 10.1. The number of hydrogen-bond donors (Lipinski definition) is 2. The van der Waals surface area contributed by atoms with Crippen LogP contribution in [0.15, 0.2) is 42.5 Å². The molecule has 0 aliphatic heterocycles. The van der Waals surface area contributed by atoms with Crippen molar-refractivity contribution in [1.82, 2.24) is 0 Å². The number of benzene rings is 2. The summed E-state index contributed by atoms with van der Waals surface area (Å²) < 4.78 is 5.53. The zero-order valence-electron chi connectivity index (χ0n) is 12.2. The van der Waals surface area contributed by atoms with Gasteiger partial charge in [-0.05, 0) is 42.7 Å². The number of amides is 1. The van der Waals surface area contributed by atoms with Crippen molar-refractivity contribution < 1.29 is 14.6 Å². The van der Waals surface area contributed by atoms with Crippen molar-refractivity contribution in [1.29, 1.82) is 0 Å². The Hall–Kier alpha value is -2.49. The second-order valence-corrected chi connectivity index (χ2v) is 4.82. The van der Waals surface area contributed by atoms with Gasteiger partial charge >= 0.3 is 0 Å². The zero-order chi connectivity index (χ0) is 15.2. The molecular weight excluding hydrogens is 266 g/mol. The predicted octanol–water partition coefficient (Wildman–Crippen LogP) is 3.28. The first-order valence-electron chi connectivity index (χ1n) is 6.90. The van der Waals surface area contributed by atoms with Gasteiger partial charge in [0.2, 0.25) is 0 Å². The van der Waals surface area contributed by atoms with E-state index in [9.17, 15) is 9.90 Å². The summed E-state index contributed by atoms with van der Waals surface area (Å²) in [5, 5.41) is 12.4. The van der Waals surface area contributed by atoms with Gasteiger partial charge in [0.25, 0.3) is 5.91 Å². The van der Waals surface area contributed by atoms with Crippen LogP contribution in [0.5, 0.6) is 11.5 Å². The molecule has 0 saturated heterocycles. The van der Waals surface area contributed by atoms with E-state index in [4.69, 9.17) is 4.74 Å². The van der Waals surface area contributed by atoms with Crippen molar-refractivity contribution in [3.05, 3.63) is 53.6 Å². The Morgan fingerprint density at radius 1 is 1.24 bits per heavy atom. The lowest BCUT2D eigenvalue weighted by Gasteiger charge is -2.11. The first kappa shape index (κ1) is 14.9. The van der Waals surface area contributed by atoms with Crippen LogP contribution in [0.2, 0.25) is 0 Å². The van der Waals surface area contributed by atoms with Crippen LogP contribution in [0.4, 0.5) is 5.69 Å². The molecule has 0 unspecified atom stereocenters. The van der Waals surface area contributed by atoms with E-state index in [2.05, 4.69) is 5.32 Å². The van der Waals surface area contributed by atoms with Crippen LogP contribution in [0, 0.1) is 6.92 Å². The molecule has 0 heterocycles. The standard InChI is InChI=1S/C17H19NO3/c1-3-13-6-4-5-7-16(13)21-11-17(20)18-14-9-8-12(2)10-15(14)19/h4-10,19H,3,11H2,1-2H3,(H,18,20). The summed E-state index contributed by atoms with van der Waals surface area (Å²) in [5.74, 6) is 0.459. The fourth-order valence-electron chi connectivity index (χ4n) is 2.01. The van der Waals surface area contributed by atoms with Gasteiger partial charge in [0.1, 0.15) is 11.5 Å². The number of hydrogen-bond acceptors (Lipinski definition) is 3. The maximum absolute atomic E-state index is 11.9. The molecule has 0 radical (unpaired) electrons. The van der Waals surface area contributed by atoms with Gasteiger partial charge in [-0.15, -0.1) is 0 Å². The first-order chi connectivity index (χ1) is 10.1. The lowest BCUT2D eigenvalue weighted by molar-refractivity contribution is -0.118. The van der Waals surface area contributed by atoms with Crippen molar-refractivity contribution in [2.24, 2.45) is 0 Å². The maximum atomic E-state index is 11.9. The normalized spacial score (nSPS) is 10.2. The number of phenols is 1. The Balaban J connectivity index is 1.96. The number of rotatable bonds is 5. The molecule has 0 spiro atoms. The molecule has 0 atom stereocenters. The quantitative estimate of drug-likeness (QED) is 0.829. The van der Waals surface area contributed by atoms with Gasteiger partial charge in [0, 0.05) is 0 Å². The largest absolute Gasteiger partial charge is 0.506 e. The molecule has 0 aromatic heterocycles. The lowest BCUT2D eigenvalue weighted by Crippen LogP contribution is -2.20. The highest BCUT2D eigenvalue weighted by Crippen LogP contribution is 2.24. The van der Waals surface area contributed by atoms with E-state index in [0.29, 0.717) is 11.4 Å². The highest BCUT2D eigenvalue weighted by Gasteiger charge is 2.08. The van der Waals surface area contributed by atoms with Crippen LogP contribution in [0.25, 0.3) is 0 Å². The van der Waals surface area contributed by atoms with Gasteiger partial charge in [-0.25, -0.2) is 0 Å². The van der Waals surface area contributed by atoms with E-state index < -0.39 is 0 Å². The molecule has 0 bridgehead atoms. The van der Waals surface area contributed by atoms with Crippen molar-refractivity contribution >= 4 is 11.6 Å². The van der Waals surface area contributed by atoms with E-state index in [-0.39, 0.29) is 18.3 Å². The van der Waals surface area contributed by atoms with Gasteiger partial charge in [0.05, 0.1) is 5.69 Å². The number of ether oxygens (including phenoxy) is 1. The van der Waals surface area contributed by atoms with Crippen LogP contribution in [-0.2, 0) is 11.2 Å². The van der Waals surface area contributed by atoms with Gasteiger partial charge in [-0.2, -0.15) is 0 Å². The summed E-state index contributed by atoms with van der Waals surface area (Å²) in [4.78, 5) is 11.9. The number of carbonyl (C=O) groups excluding carboxylic acids is 1. The smallest absolute Gasteiger partial charge is 0.262 e. The minimum absolute atomic E-state index is 0.0531. The monoisotopic (exact) mass is 285 g/mol. The van der Waals surface area contributed by atoms with Crippen molar-refractivity contribution in [2.45, 2.75) is 20.3 Å². The Bertz CT molecular complexity index is 638. The Morgan fingerprint density at radius 3 is 2.71 bits per heavy atom. The number of carbonyl (C=O) groups is 1. The van der Waals surface area contributed by atoms with E-state index in [1.807, 2.05) is 44.2 Å². The van der Waals surface area contributed by atoms with Gasteiger partial charge in [-0.1, -0.05) is 31.2 Å². The van der Waals surface area contributed by atoms with Crippen LogP contribution in [-0.4, -0.2) is 17.6 Å². The molecular formula is C17H19NO3. The molecule has 4 heteroatoms. The summed E-state index contributed by atoms with van der Waals surface area (Å²) in [6.07, 6.45) is 0.844. The Labute approximate surface area is 124 Å². The van der Waals surface area contributed by atoms with E-state index in [0.717, 1.165) is 17.5 Å². The third kappa shape index (κ3) is 3.99. The molecule has 2 aromatic rings. The SMILES string of the molecule is CCc1ccccc1OCC(=O)Nc1ccc(C)cc1O. The highest BCUT2D eigenvalue weighted by molar-refractivity contribution is 5.93. The summed E-state index contributed by atoms with van der Waals surface area (Å²) in [7, 11) is 0. The van der Waals surface area contributed by atoms with Crippen LogP contribution in [0.3, 0.4) is 0 Å². The summed E-state index contributed by atoms with van der Waals surface area (Å²) >= 11 is 0. The fraction of sp³-hybridized carbons (Fsp3) is 0.235. The molecule has 2 N–H and O–H groups in total. The highest BCUT2D eigenvalue weighted by atomic mass is 16.5. The summed E-state index contributed by atoms with van der Waals surface area (Å²) in [6.45, 7) is 3.81. The van der Waals surface area contributed by atoms with E-state index in [1.54, 1.807) is 12.1 Å². The van der Waals surface area contributed by atoms with E-state index in [1.165, 1.54) is 0 Å². The average Bonchev–Trinajstić information content (AvgIpc) is 2.48. The number of aromatic hydroxyl groups is 1. The Kier molecular flexibility index (Phi) is 4.82. The van der Waals surface area contributed by atoms with E-state index >= 15 is 0 Å². The Morgan fingerprint density at radius 2 is 2.00 bits per heavy atom. The molecule has 2 aromatic carbocycles. The summed E-state index contributed by atoms with van der Waals surface area (Å²) in [5.41, 5.74) is 2.38. The summed E-state index contributed by atoms with van der Waals surface area (Å²) in [6, 6.07) is 12.7. The number of nitrogens with one attached hydrogen (secondary N) is 1. The second-order valence-electron chi connectivity index (χ2n) is 4.82. The van der Waals surface area contributed by atoms with Crippen molar-refractivity contribution in [2.75, 3.05) is 11.9 Å². The molecule has 21 heavy (non-hydrogen) atoms. The number of phenolic OH excluding ortho intramolecular Hbond substituents is 1. The average molecular weight is 285 g/mol. The van der Waals surface area contributed by atoms with Gasteiger partial charge in [0.15, 0.2) is 6.61 Å². The van der Waals surface area contributed by atoms with Gasteiger partial charge in [-0.3, -0.25) is 4.79 Å². The van der Waals surface area contributed by atoms with Crippen LogP contribution in [0.1, 0.15) is 18.1 Å². The third-order valence-electron chi connectivity index (χ3n) is 3.14. The minimum atomic E-state index is -0.306. The molecule has 0 aliphatic rings. The second kappa shape index (κ2) is 6.79. The molecule has 0 aliphatic carbocycles.